The second-order valence-corrected chi connectivity index (χ2v) is 3.12. The van der Waals surface area contributed by atoms with Crippen molar-refractivity contribution in [3.8, 4) is 5.75 Å². The van der Waals surface area contributed by atoms with Gasteiger partial charge < -0.3 is 5.11 Å². The summed E-state index contributed by atoms with van der Waals surface area (Å²) in [7, 11) is 0. The molecule has 0 fully saturated rings. The van der Waals surface area contributed by atoms with E-state index in [0.717, 1.165) is 6.20 Å². The predicted molar refractivity (Wildman–Crippen MR) is 48.2 cm³/mol. The summed E-state index contributed by atoms with van der Waals surface area (Å²) in [6, 6.07) is 0. The van der Waals surface area contributed by atoms with E-state index in [1.54, 1.807) is 0 Å². The van der Waals surface area contributed by atoms with Crippen LogP contribution < -0.4 is 0 Å². The normalized spacial score (nSPS) is 10.8. The second kappa shape index (κ2) is 4.00. The van der Waals surface area contributed by atoms with Gasteiger partial charge in [-0.05, 0) is 12.5 Å². The summed E-state index contributed by atoms with van der Waals surface area (Å²) >= 11 is 3.13. The fourth-order valence-corrected chi connectivity index (χ4v) is 1.63. The molecule has 0 aliphatic carbocycles. The first-order chi connectivity index (χ1) is 6.07. The van der Waals surface area contributed by atoms with Crippen LogP contribution in [0, 0.1) is 6.92 Å². The second-order valence-electron chi connectivity index (χ2n) is 2.56. The Morgan fingerprint density at radius 2 is 2.23 bits per heavy atom. The molecular weight excluding hydrogens is 244 g/mol. The van der Waals surface area contributed by atoms with Crippen LogP contribution in [0.1, 0.15) is 23.2 Å². The molecule has 0 unspecified atom stereocenters. The van der Waals surface area contributed by atoms with E-state index in [2.05, 4.69) is 20.9 Å². The van der Waals surface area contributed by atoms with Gasteiger partial charge >= 0.3 is 0 Å². The van der Waals surface area contributed by atoms with E-state index in [4.69, 9.17) is 5.11 Å². The van der Waals surface area contributed by atoms with Crippen molar-refractivity contribution in [3.05, 3.63) is 23.0 Å². The molecule has 5 heteroatoms. The van der Waals surface area contributed by atoms with E-state index in [9.17, 15) is 8.78 Å². The number of nitrogens with zero attached hydrogens (tertiary/aromatic N) is 1. The van der Waals surface area contributed by atoms with E-state index in [-0.39, 0.29) is 5.56 Å². The van der Waals surface area contributed by atoms with E-state index in [1.807, 2.05) is 0 Å². The number of halogens is 3. The highest BCUT2D eigenvalue weighted by atomic mass is 79.9. The lowest BCUT2D eigenvalue weighted by molar-refractivity contribution is 0.146. The number of aromatic nitrogens is 1. The molecule has 0 aliphatic rings. The Morgan fingerprint density at radius 3 is 2.69 bits per heavy atom. The average molecular weight is 252 g/mol. The zero-order chi connectivity index (χ0) is 10.0. The summed E-state index contributed by atoms with van der Waals surface area (Å²) in [6.45, 7) is 1.52. The van der Waals surface area contributed by atoms with Gasteiger partial charge in [-0.2, -0.15) is 0 Å². The van der Waals surface area contributed by atoms with Crippen molar-refractivity contribution in [3.63, 3.8) is 0 Å². The molecule has 0 radical (unpaired) electrons. The highest BCUT2D eigenvalue weighted by molar-refractivity contribution is 9.08. The molecule has 0 aromatic carbocycles. The van der Waals surface area contributed by atoms with E-state index < -0.39 is 12.2 Å². The largest absolute Gasteiger partial charge is 0.506 e. The summed E-state index contributed by atoms with van der Waals surface area (Å²) in [5.41, 5.74) is 0.532. The lowest BCUT2D eigenvalue weighted by Crippen LogP contribution is -1.98. The Kier molecular flexibility index (Phi) is 3.19. The van der Waals surface area contributed by atoms with Gasteiger partial charge in [-0.3, -0.25) is 4.98 Å². The van der Waals surface area contributed by atoms with Crippen molar-refractivity contribution >= 4 is 15.9 Å². The molecule has 72 valence electrons. The predicted octanol–water partition coefficient (Wildman–Crippen LogP) is 2.93. The van der Waals surface area contributed by atoms with Gasteiger partial charge in [-0.25, -0.2) is 8.78 Å². The van der Waals surface area contributed by atoms with Gasteiger partial charge in [0.25, 0.3) is 6.43 Å². The van der Waals surface area contributed by atoms with Gasteiger partial charge in [0.15, 0.2) is 0 Å². The molecule has 0 amide bonds. The maximum atomic E-state index is 12.4. The highest BCUT2D eigenvalue weighted by Gasteiger charge is 2.18. The summed E-state index contributed by atoms with van der Waals surface area (Å²) in [5, 5.41) is 9.53. The third-order valence-corrected chi connectivity index (χ3v) is 2.33. The van der Waals surface area contributed by atoms with E-state index in [0.29, 0.717) is 16.6 Å². The molecule has 0 saturated heterocycles. The smallest absolute Gasteiger partial charge is 0.267 e. The van der Waals surface area contributed by atoms with Crippen molar-refractivity contribution in [2.24, 2.45) is 0 Å². The first-order valence-corrected chi connectivity index (χ1v) is 4.71. The van der Waals surface area contributed by atoms with Gasteiger partial charge in [0, 0.05) is 5.33 Å². The number of alkyl halides is 3. The quantitative estimate of drug-likeness (QED) is 0.821. The van der Waals surface area contributed by atoms with Crippen molar-refractivity contribution in [2.75, 3.05) is 0 Å². The van der Waals surface area contributed by atoms with E-state index in [1.165, 1.54) is 6.92 Å². The Bertz CT molecular complexity index is 317. The molecule has 1 aromatic rings. The van der Waals surface area contributed by atoms with Crippen LogP contribution in [-0.2, 0) is 5.33 Å². The molecule has 1 heterocycles. The summed E-state index contributed by atoms with van der Waals surface area (Å²) in [4.78, 5) is 3.81. The zero-order valence-corrected chi connectivity index (χ0v) is 8.48. The third kappa shape index (κ3) is 1.96. The topological polar surface area (TPSA) is 33.1 Å². The number of hydrogen-bond donors (Lipinski definition) is 1. The lowest BCUT2D eigenvalue weighted by Gasteiger charge is -2.09. The summed E-state index contributed by atoms with van der Waals surface area (Å²) in [5.74, 6) is -0.447. The van der Waals surface area contributed by atoms with Gasteiger partial charge in [-0.15, -0.1) is 0 Å². The molecule has 0 spiro atoms. The molecule has 0 atom stereocenters. The first-order valence-electron chi connectivity index (χ1n) is 3.59. The molecular formula is C8H8BrF2NO. The van der Waals surface area contributed by atoms with Crippen molar-refractivity contribution in [1.82, 2.24) is 4.98 Å². The van der Waals surface area contributed by atoms with Gasteiger partial charge in [0.1, 0.15) is 5.75 Å². The van der Waals surface area contributed by atoms with Crippen molar-refractivity contribution in [2.45, 2.75) is 18.7 Å². The molecule has 0 saturated carbocycles. The molecule has 1 rings (SSSR count). The van der Waals surface area contributed by atoms with Crippen molar-refractivity contribution in [1.29, 1.82) is 0 Å². The molecule has 0 bridgehead atoms. The van der Waals surface area contributed by atoms with Crippen LogP contribution in [0.2, 0.25) is 0 Å². The Labute approximate surface area is 82.7 Å². The van der Waals surface area contributed by atoms with Crippen LogP contribution in [0.15, 0.2) is 6.20 Å². The number of pyridine rings is 1. The standard InChI is InChI=1S/C8H8BrF2NO/c1-4-5(2-9)12-3-6(13)7(4)8(10)11/h3,8,13H,2H2,1H3. The molecule has 1 aromatic heterocycles. The molecule has 2 nitrogen and oxygen atoms in total. The van der Waals surface area contributed by atoms with Gasteiger partial charge in [0.05, 0.1) is 17.5 Å². The van der Waals surface area contributed by atoms with Crippen LogP contribution >= 0.6 is 15.9 Å². The highest BCUT2D eigenvalue weighted by Crippen LogP contribution is 2.32. The van der Waals surface area contributed by atoms with Crippen LogP contribution in [0.25, 0.3) is 0 Å². The maximum Gasteiger partial charge on any atom is 0.267 e. The summed E-state index contributed by atoms with van der Waals surface area (Å²) < 4.78 is 24.8. The number of rotatable bonds is 2. The fourth-order valence-electron chi connectivity index (χ4n) is 1.06. The molecule has 0 aliphatic heterocycles. The Hall–Kier alpha value is -0.710. The fraction of sp³-hybridized carbons (Fsp3) is 0.375. The zero-order valence-electron chi connectivity index (χ0n) is 6.89. The first kappa shape index (κ1) is 10.4. The van der Waals surface area contributed by atoms with Crippen LogP contribution in [0.3, 0.4) is 0 Å². The molecule has 13 heavy (non-hydrogen) atoms. The Morgan fingerprint density at radius 1 is 1.62 bits per heavy atom. The van der Waals surface area contributed by atoms with Crippen molar-refractivity contribution < 1.29 is 13.9 Å². The van der Waals surface area contributed by atoms with Crippen LogP contribution in [-0.4, -0.2) is 10.1 Å². The Balaban J connectivity index is 3.30. The lowest BCUT2D eigenvalue weighted by atomic mass is 10.1. The van der Waals surface area contributed by atoms with Gasteiger partial charge in [-0.1, -0.05) is 15.9 Å². The van der Waals surface area contributed by atoms with Gasteiger partial charge in [0.2, 0.25) is 0 Å². The summed E-state index contributed by atoms with van der Waals surface area (Å²) in [6.07, 6.45) is -1.62. The monoisotopic (exact) mass is 251 g/mol. The number of hydrogen-bond acceptors (Lipinski definition) is 2. The molecule has 1 N–H and O–H groups in total. The average Bonchev–Trinajstić information content (AvgIpc) is 2.04. The SMILES string of the molecule is Cc1c(CBr)ncc(O)c1C(F)F. The van der Waals surface area contributed by atoms with E-state index >= 15 is 0 Å². The third-order valence-electron chi connectivity index (χ3n) is 1.80. The minimum absolute atomic E-state index is 0.329. The van der Waals surface area contributed by atoms with Crippen LogP contribution in [0.5, 0.6) is 5.75 Å². The minimum Gasteiger partial charge on any atom is -0.506 e. The number of aromatic hydroxyl groups is 1. The minimum atomic E-state index is -2.67. The maximum absolute atomic E-state index is 12.4. The van der Waals surface area contributed by atoms with Crippen LogP contribution in [0.4, 0.5) is 8.78 Å².